The second-order valence-corrected chi connectivity index (χ2v) is 5.41. The van der Waals surface area contributed by atoms with Crippen molar-refractivity contribution in [3.05, 3.63) is 58.3 Å². The van der Waals surface area contributed by atoms with Gasteiger partial charge in [0.2, 0.25) is 0 Å². The van der Waals surface area contributed by atoms with Crippen molar-refractivity contribution in [1.29, 1.82) is 0 Å². The van der Waals surface area contributed by atoms with Crippen LogP contribution in [-0.4, -0.2) is 6.04 Å². The first-order valence-corrected chi connectivity index (χ1v) is 6.81. The van der Waals surface area contributed by atoms with Crippen LogP contribution in [0.2, 0.25) is 0 Å². The van der Waals surface area contributed by atoms with E-state index in [0.29, 0.717) is 17.9 Å². The normalized spacial score (nSPS) is 12.2. The zero-order valence-electron chi connectivity index (χ0n) is 10.6. The molecule has 2 N–H and O–H groups in total. The van der Waals surface area contributed by atoms with Crippen molar-refractivity contribution in [1.82, 2.24) is 0 Å². The third kappa shape index (κ3) is 4.04. The van der Waals surface area contributed by atoms with Crippen molar-refractivity contribution >= 4 is 15.9 Å². The van der Waals surface area contributed by atoms with Gasteiger partial charge < -0.3 is 10.5 Å². The van der Waals surface area contributed by atoms with E-state index in [9.17, 15) is 4.39 Å². The minimum absolute atomic E-state index is 0.0494. The van der Waals surface area contributed by atoms with Gasteiger partial charge in [-0.05, 0) is 55.3 Å². The fraction of sp³-hybridized carbons (Fsp3) is 0.200. The molecular formula is C15H15BrFNO. The van der Waals surface area contributed by atoms with Gasteiger partial charge in [-0.2, -0.15) is 0 Å². The summed E-state index contributed by atoms with van der Waals surface area (Å²) in [6, 6.07) is 12.0. The molecule has 1 atom stereocenters. The Morgan fingerprint density at radius 2 is 2.05 bits per heavy atom. The first-order valence-electron chi connectivity index (χ1n) is 6.02. The average molecular weight is 324 g/mol. The summed E-state index contributed by atoms with van der Waals surface area (Å²) in [4.78, 5) is 0. The summed E-state index contributed by atoms with van der Waals surface area (Å²) in [7, 11) is 0. The van der Waals surface area contributed by atoms with E-state index in [1.54, 1.807) is 6.07 Å². The second-order valence-electron chi connectivity index (χ2n) is 4.49. The van der Waals surface area contributed by atoms with Gasteiger partial charge in [0, 0.05) is 10.5 Å². The van der Waals surface area contributed by atoms with E-state index < -0.39 is 0 Å². The van der Waals surface area contributed by atoms with Crippen LogP contribution in [-0.2, 0) is 6.42 Å². The lowest BCUT2D eigenvalue weighted by molar-refractivity contribution is 0.471. The van der Waals surface area contributed by atoms with Crippen LogP contribution in [0.5, 0.6) is 11.5 Å². The molecule has 0 aromatic heterocycles. The second kappa shape index (κ2) is 6.17. The molecule has 2 nitrogen and oxygen atoms in total. The summed E-state index contributed by atoms with van der Waals surface area (Å²) in [5.74, 6) is 1.06. The van der Waals surface area contributed by atoms with E-state index in [0.717, 1.165) is 10.0 Å². The predicted octanol–water partition coefficient (Wildman–Crippen LogP) is 4.27. The van der Waals surface area contributed by atoms with Crippen molar-refractivity contribution in [3.63, 3.8) is 0 Å². The Morgan fingerprint density at radius 1 is 1.26 bits per heavy atom. The Kier molecular flexibility index (Phi) is 4.56. The van der Waals surface area contributed by atoms with E-state index in [-0.39, 0.29) is 11.9 Å². The molecule has 2 aromatic carbocycles. The largest absolute Gasteiger partial charge is 0.457 e. The Bertz CT molecular complexity index is 572. The third-order valence-electron chi connectivity index (χ3n) is 2.59. The zero-order valence-corrected chi connectivity index (χ0v) is 12.2. The van der Waals surface area contributed by atoms with Crippen LogP contribution < -0.4 is 10.5 Å². The highest BCUT2D eigenvalue weighted by atomic mass is 79.9. The maximum atomic E-state index is 13.3. The maximum absolute atomic E-state index is 13.3. The van der Waals surface area contributed by atoms with Crippen LogP contribution in [0, 0.1) is 5.82 Å². The van der Waals surface area contributed by atoms with E-state index >= 15 is 0 Å². The number of benzene rings is 2. The smallest absolute Gasteiger partial charge is 0.130 e. The van der Waals surface area contributed by atoms with Gasteiger partial charge in [0.25, 0.3) is 0 Å². The van der Waals surface area contributed by atoms with Crippen molar-refractivity contribution < 1.29 is 9.13 Å². The highest BCUT2D eigenvalue weighted by molar-refractivity contribution is 9.10. The third-order valence-corrected chi connectivity index (χ3v) is 3.08. The number of hydrogen-bond acceptors (Lipinski definition) is 2. The molecule has 0 heterocycles. The molecule has 0 bridgehead atoms. The van der Waals surface area contributed by atoms with Gasteiger partial charge in [0.1, 0.15) is 17.3 Å². The summed E-state index contributed by atoms with van der Waals surface area (Å²) in [6.45, 7) is 1.88. The Morgan fingerprint density at radius 3 is 2.74 bits per heavy atom. The molecule has 2 aromatic rings. The lowest BCUT2D eigenvalue weighted by Crippen LogP contribution is -2.18. The molecule has 2 rings (SSSR count). The average Bonchev–Trinajstić information content (AvgIpc) is 2.32. The fourth-order valence-corrected chi connectivity index (χ4v) is 2.19. The zero-order chi connectivity index (χ0) is 13.8. The molecule has 0 aliphatic carbocycles. The van der Waals surface area contributed by atoms with Crippen LogP contribution in [0.25, 0.3) is 0 Å². The topological polar surface area (TPSA) is 35.2 Å². The Balaban J connectivity index is 2.28. The van der Waals surface area contributed by atoms with Crippen molar-refractivity contribution in [2.75, 3.05) is 0 Å². The summed E-state index contributed by atoms with van der Waals surface area (Å²) in [5.41, 5.74) is 6.55. The molecule has 19 heavy (non-hydrogen) atoms. The van der Waals surface area contributed by atoms with Gasteiger partial charge in [0.15, 0.2) is 0 Å². The summed E-state index contributed by atoms with van der Waals surface area (Å²) in [5, 5.41) is 0. The van der Waals surface area contributed by atoms with Gasteiger partial charge in [-0.1, -0.05) is 22.0 Å². The van der Waals surface area contributed by atoms with Crippen LogP contribution in [0.15, 0.2) is 46.9 Å². The quantitative estimate of drug-likeness (QED) is 0.911. The monoisotopic (exact) mass is 323 g/mol. The molecule has 0 radical (unpaired) electrons. The first kappa shape index (κ1) is 14.0. The first-order chi connectivity index (χ1) is 9.04. The number of rotatable bonds is 4. The molecule has 0 aliphatic rings. The SMILES string of the molecule is CC(N)Cc1cc(F)ccc1Oc1cccc(Br)c1. The van der Waals surface area contributed by atoms with E-state index in [2.05, 4.69) is 15.9 Å². The fourth-order valence-electron chi connectivity index (χ4n) is 1.81. The molecule has 0 amide bonds. The molecule has 100 valence electrons. The molecule has 0 aliphatic heterocycles. The van der Waals surface area contributed by atoms with Gasteiger partial charge in [-0.15, -0.1) is 0 Å². The molecular weight excluding hydrogens is 309 g/mol. The van der Waals surface area contributed by atoms with E-state index in [1.807, 2.05) is 31.2 Å². The predicted molar refractivity (Wildman–Crippen MR) is 78.0 cm³/mol. The molecule has 0 fully saturated rings. The minimum Gasteiger partial charge on any atom is -0.457 e. The van der Waals surface area contributed by atoms with Crippen molar-refractivity contribution in [3.8, 4) is 11.5 Å². The molecule has 0 saturated heterocycles. The molecule has 4 heteroatoms. The summed E-state index contributed by atoms with van der Waals surface area (Å²) in [6.07, 6.45) is 0.571. The number of hydrogen-bond donors (Lipinski definition) is 1. The summed E-state index contributed by atoms with van der Waals surface area (Å²) >= 11 is 3.39. The highest BCUT2D eigenvalue weighted by Crippen LogP contribution is 2.28. The van der Waals surface area contributed by atoms with Crippen LogP contribution in [0.1, 0.15) is 12.5 Å². The number of ether oxygens (including phenoxy) is 1. The van der Waals surface area contributed by atoms with Crippen LogP contribution in [0.4, 0.5) is 4.39 Å². The lowest BCUT2D eigenvalue weighted by Gasteiger charge is -2.13. The summed E-state index contributed by atoms with van der Waals surface area (Å²) < 4.78 is 20.0. The Labute approximate surface area is 120 Å². The van der Waals surface area contributed by atoms with Crippen molar-refractivity contribution in [2.45, 2.75) is 19.4 Å². The molecule has 1 unspecified atom stereocenters. The lowest BCUT2D eigenvalue weighted by atomic mass is 10.1. The van der Waals surface area contributed by atoms with Crippen LogP contribution >= 0.6 is 15.9 Å². The van der Waals surface area contributed by atoms with Gasteiger partial charge in [-0.25, -0.2) is 4.39 Å². The maximum Gasteiger partial charge on any atom is 0.130 e. The van der Waals surface area contributed by atoms with Gasteiger partial charge in [-0.3, -0.25) is 0 Å². The number of halogens is 2. The van der Waals surface area contributed by atoms with Gasteiger partial charge >= 0.3 is 0 Å². The van der Waals surface area contributed by atoms with Gasteiger partial charge in [0.05, 0.1) is 0 Å². The molecule has 0 saturated carbocycles. The highest BCUT2D eigenvalue weighted by Gasteiger charge is 2.09. The van der Waals surface area contributed by atoms with E-state index in [4.69, 9.17) is 10.5 Å². The van der Waals surface area contributed by atoms with Crippen LogP contribution in [0.3, 0.4) is 0 Å². The Hall–Kier alpha value is -1.39. The number of nitrogens with two attached hydrogens (primary N) is 1. The minimum atomic E-state index is -0.280. The van der Waals surface area contributed by atoms with Crippen molar-refractivity contribution in [2.24, 2.45) is 5.73 Å². The standard InChI is InChI=1S/C15H15BrFNO/c1-10(18)7-11-8-13(17)5-6-15(11)19-14-4-2-3-12(16)9-14/h2-6,8-10H,7,18H2,1H3. The van der Waals surface area contributed by atoms with E-state index in [1.165, 1.54) is 12.1 Å². The molecule has 0 spiro atoms.